The lowest BCUT2D eigenvalue weighted by atomic mass is 10.2. The Morgan fingerprint density at radius 2 is 2.59 bits per heavy atom. The molecule has 2 heterocycles. The van der Waals surface area contributed by atoms with Crippen molar-refractivity contribution in [3.8, 4) is 0 Å². The van der Waals surface area contributed by atoms with Crippen LogP contribution in [0.25, 0.3) is 0 Å². The van der Waals surface area contributed by atoms with Crippen LogP contribution < -0.4 is 5.73 Å². The van der Waals surface area contributed by atoms with Crippen molar-refractivity contribution in [2.45, 2.75) is 31.6 Å². The summed E-state index contributed by atoms with van der Waals surface area (Å²) in [7, 11) is 0. The minimum Gasteiger partial charge on any atom is -0.461 e. The average Bonchev–Trinajstić information content (AvgIpc) is 2.91. The zero-order chi connectivity index (χ0) is 12.3. The van der Waals surface area contributed by atoms with Gasteiger partial charge in [-0.25, -0.2) is 9.78 Å². The predicted molar refractivity (Wildman–Crippen MR) is 68.1 cm³/mol. The van der Waals surface area contributed by atoms with E-state index in [1.807, 2.05) is 16.3 Å². The molecule has 1 atom stereocenters. The number of esters is 1. The number of rotatable bonds is 4. The van der Waals surface area contributed by atoms with Crippen LogP contribution in [0.15, 0.2) is 6.33 Å². The fraction of sp³-hybridized carbons (Fsp3) is 0.636. The molecule has 5 nitrogen and oxygen atoms in total. The highest BCUT2D eigenvalue weighted by atomic mass is 32.2. The van der Waals surface area contributed by atoms with Crippen molar-refractivity contribution in [3.05, 3.63) is 12.0 Å². The van der Waals surface area contributed by atoms with E-state index in [0.29, 0.717) is 17.7 Å². The SMILES string of the molecule is CCOC(=O)c1ncn(CC2CCCS2)c1N. The molecule has 1 fully saturated rings. The van der Waals surface area contributed by atoms with E-state index in [0.717, 1.165) is 6.54 Å². The van der Waals surface area contributed by atoms with Gasteiger partial charge in [0, 0.05) is 11.8 Å². The van der Waals surface area contributed by atoms with Gasteiger partial charge in [0.25, 0.3) is 0 Å². The molecule has 1 aliphatic heterocycles. The number of ether oxygens (including phenoxy) is 1. The molecule has 0 aliphatic carbocycles. The summed E-state index contributed by atoms with van der Waals surface area (Å²) < 4.78 is 6.73. The van der Waals surface area contributed by atoms with Crippen molar-refractivity contribution in [1.29, 1.82) is 0 Å². The van der Waals surface area contributed by atoms with Crippen LogP contribution in [0.5, 0.6) is 0 Å². The van der Waals surface area contributed by atoms with Gasteiger partial charge in [-0.1, -0.05) is 0 Å². The number of nitrogen functional groups attached to an aromatic ring is 1. The summed E-state index contributed by atoms with van der Waals surface area (Å²) in [6.07, 6.45) is 4.09. The summed E-state index contributed by atoms with van der Waals surface area (Å²) in [6.45, 7) is 2.92. The second-order valence-corrected chi connectivity index (χ2v) is 5.39. The van der Waals surface area contributed by atoms with E-state index in [9.17, 15) is 4.79 Å². The van der Waals surface area contributed by atoms with E-state index in [4.69, 9.17) is 10.5 Å². The molecule has 0 spiro atoms. The molecule has 1 aromatic rings. The second-order valence-electron chi connectivity index (χ2n) is 3.99. The lowest BCUT2D eigenvalue weighted by Gasteiger charge is -2.10. The Labute approximate surface area is 105 Å². The molecule has 1 saturated heterocycles. The lowest BCUT2D eigenvalue weighted by Crippen LogP contribution is -2.13. The molecule has 0 saturated carbocycles. The summed E-state index contributed by atoms with van der Waals surface area (Å²) in [5.41, 5.74) is 6.13. The van der Waals surface area contributed by atoms with Gasteiger partial charge in [-0.3, -0.25) is 0 Å². The standard InChI is InChI=1S/C11H17N3O2S/c1-2-16-11(15)9-10(12)14(7-13-9)6-8-4-3-5-17-8/h7-8H,2-6,12H2,1H3. The molecule has 17 heavy (non-hydrogen) atoms. The van der Waals surface area contributed by atoms with Gasteiger partial charge in [-0.15, -0.1) is 0 Å². The van der Waals surface area contributed by atoms with Crippen molar-refractivity contribution < 1.29 is 9.53 Å². The Hall–Kier alpha value is -1.17. The molecule has 0 radical (unpaired) electrons. The molecular weight excluding hydrogens is 238 g/mol. The van der Waals surface area contributed by atoms with Crippen LogP contribution in [0.2, 0.25) is 0 Å². The number of aromatic nitrogens is 2. The quantitative estimate of drug-likeness (QED) is 0.826. The number of carbonyl (C=O) groups is 1. The van der Waals surface area contributed by atoms with Crippen molar-refractivity contribution in [1.82, 2.24) is 9.55 Å². The normalized spacial score (nSPS) is 19.5. The second kappa shape index (κ2) is 5.44. The average molecular weight is 255 g/mol. The van der Waals surface area contributed by atoms with Crippen molar-refractivity contribution in [2.24, 2.45) is 0 Å². The van der Waals surface area contributed by atoms with Crippen LogP contribution in [-0.4, -0.2) is 33.1 Å². The Bertz CT molecular complexity index is 399. The molecule has 1 unspecified atom stereocenters. The van der Waals surface area contributed by atoms with Gasteiger partial charge in [-0.05, 0) is 25.5 Å². The van der Waals surface area contributed by atoms with E-state index in [-0.39, 0.29) is 5.69 Å². The summed E-state index contributed by atoms with van der Waals surface area (Å²) in [6, 6.07) is 0. The van der Waals surface area contributed by atoms with Crippen molar-refractivity contribution >= 4 is 23.5 Å². The van der Waals surface area contributed by atoms with E-state index in [1.54, 1.807) is 13.3 Å². The molecule has 1 aromatic heterocycles. The molecule has 2 N–H and O–H groups in total. The third-order valence-electron chi connectivity index (χ3n) is 2.77. The lowest BCUT2D eigenvalue weighted by molar-refractivity contribution is 0.0521. The number of nitrogens with two attached hydrogens (primary N) is 1. The monoisotopic (exact) mass is 255 g/mol. The number of nitrogens with zero attached hydrogens (tertiary/aromatic N) is 2. The smallest absolute Gasteiger partial charge is 0.360 e. The van der Waals surface area contributed by atoms with Gasteiger partial charge < -0.3 is 15.0 Å². The number of hydrogen-bond acceptors (Lipinski definition) is 5. The molecule has 1 aliphatic rings. The number of carbonyl (C=O) groups excluding carboxylic acids is 1. The Morgan fingerprint density at radius 3 is 3.24 bits per heavy atom. The summed E-state index contributed by atoms with van der Waals surface area (Å²) in [4.78, 5) is 15.6. The number of thioether (sulfide) groups is 1. The van der Waals surface area contributed by atoms with Crippen molar-refractivity contribution in [2.75, 3.05) is 18.1 Å². The molecule has 0 bridgehead atoms. The number of hydrogen-bond donors (Lipinski definition) is 1. The van der Waals surface area contributed by atoms with Gasteiger partial charge in [0.15, 0.2) is 5.69 Å². The minimum absolute atomic E-state index is 0.231. The van der Waals surface area contributed by atoms with Crippen LogP contribution in [-0.2, 0) is 11.3 Å². The minimum atomic E-state index is -0.442. The maximum atomic E-state index is 11.5. The van der Waals surface area contributed by atoms with Gasteiger partial charge in [-0.2, -0.15) is 11.8 Å². The van der Waals surface area contributed by atoms with Crippen LogP contribution in [0.4, 0.5) is 5.82 Å². The Balaban J connectivity index is 2.06. The highest BCUT2D eigenvalue weighted by Gasteiger charge is 2.21. The maximum absolute atomic E-state index is 11.5. The molecule has 6 heteroatoms. The number of imidazole rings is 1. The van der Waals surface area contributed by atoms with Crippen LogP contribution >= 0.6 is 11.8 Å². The first-order valence-electron chi connectivity index (χ1n) is 5.81. The molecule has 0 amide bonds. The van der Waals surface area contributed by atoms with Crippen molar-refractivity contribution in [3.63, 3.8) is 0 Å². The van der Waals surface area contributed by atoms with Gasteiger partial charge in [0.1, 0.15) is 5.82 Å². The van der Waals surface area contributed by atoms with Gasteiger partial charge in [0.2, 0.25) is 0 Å². The highest BCUT2D eigenvalue weighted by Crippen LogP contribution is 2.28. The summed E-state index contributed by atoms with van der Waals surface area (Å²) >= 11 is 1.95. The third kappa shape index (κ3) is 2.74. The fourth-order valence-corrected chi connectivity index (χ4v) is 3.17. The molecule has 0 aromatic carbocycles. The molecule has 94 valence electrons. The Kier molecular flexibility index (Phi) is 3.93. The highest BCUT2D eigenvalue weighted by molar-refractivity contribution is 8.00. The van der Waals surface area contributed by atoms with Crippen LogP contribution in [0, 0.1) is 0 Å². The first-order valence-corrected chi connectivity index (χ1v) is 6.86. The van der Waals surface area contributed by atoms with E-state index in [1.165, 1.54) is 18.6 Å². The third-order valence-corrected chi connectivity index (χ3v) is 4.15. The molecular formula is C11H17N3O2S. The predicted octanol–water partition coefficient (Wildman–Crippen LogP) is 1.54. The van der Waals surface area contributed by atoms with E-state index >= 15 is 0 Å². The number of anilines is 1. The summed E-state index contributed by atoms with van der Waals surface area (Å²) in [5, 5.41) is 0.585. The van der Waals surface area contributed by atoms with E-state index < -0.39 is 5.97 Å². The molecule has 2 rings (SSSR count). The first-order chi connectivity index (χ1) is 8.22. The zero-order valence-electron chi connectivity index (χ0n) is 9.89. The zero-order valence-corrected chi connectivity index (χ0v) is 10.7. The van der Waals surface area contributed by atoms with Gasteiger partial charge >= 0.3 is 5.97 Å². The van der Waals surface area contributed by atoms with Crippen LogP contribution in [0.3, 0.4) is 0 Å². The van der Waals surface area contributed by atoms with E-state index in [2.05, 4.69) is 4.98 Å². The topological polar surface area (TPSA) is 70.1 Å². The first kappa shape index (κ1) is 12.3. The maximum Gasteiger partial charge on any atom is 0.360 e. The fourth-order valence-electron chi connectivity index (χ4n) is 1.90. The largest absolute Gasteiger partial charge is 0.461 e. The van der Waals surface area contributed by atoms with Crippen LogP contribution in [0.1, 0.15) is 30.3 Å². The van der Waals surface area contributed by atoms with Gasteiger partial charge in [0.05, 0.1) is 12.9 Å². The Morgan fingerprint density at radius 1 is 1.76 bits per heavy atom. The summed E-state index contributed by atoms with van der Waals surface area (Å²) in [5.74, 6) is 1.18.